The summed E-state index contributed by atoms with van der Waals surface area (Å²) in [7, 11) is 0. The fourth-order valence-corrected chi connectivity index (χ4v) is 3.45. The Morgan fingerprint density at radius 1 is 1.17 bits per heavy atom. The molecule has 1 saturated heterocycles. The highest BCUT2D eigenvalue weighted by Gasteiger charge is 2.34. The number of nitrogens with zero attached hydrogens (tertiary/aromatic N) is 3. The molecule has 0 aliphatic carbocycles. The van der Waals surface area contributed by atoms with Crippen LogP contribution in [0.5, 0.6) is 0 Å². The van der Waals surface area contributed by atoms with E-state index in [0.29, 0.717) is 24.5 Å². The van der Waals surface area contributed by atoms with Crippen LogP contribution in [0.1, 0.15) is 34.9 Å². The summed E-state index contributed by atoms with van der Waals surface area (Å²) in [5.41, 5.74) is 1.84. The molecular formula is C21H18F3N3O2. The van der Waals surface area contributed by atoms with Gasteiger partial charge < -0.3 is 9.42 Å². The third kappa shape index (κ3) is 4.16. The molecular weight excluding hydrogens is 383 g/mol. The van der Waals surface area contributed by atoms with Crippen molar-refractivity contribution in [1.82, 2.24) is 15.0 Å². The van der Waals surface area contributed by atoms with E-state index in [1.807, 2.05) is 31.2 Å². The molecule has 1 atom stereocenters. The minimum Gasteiger partial charge on any atom is -0.338 e. The molecule has 2 aromatic carbocycles. The Kier molecular flexibility index (Phi) is 4.86. The predicted molar refractivity (Wildman–Crippen MR) is 98.7 cm³/mol. The van der Waals surface area contributed by atoms with Crippen LogP contribution >= 0.6 is 0 Å². The zero-order valence-corrected chi connectivity index (χ0v) is 15.6. The SMILES string of the molecule is Cc1cccc(CN2CC(c3noc(-c4ccc(C(F)(F)F)cc4)n3)CC2=O)c1. The van der Waals surface area contributed by atoms with E-state index in [2.05, 4.69) is 10.1 Å². The molecule has 0 bridgehead atoms. The second-order valence-electron chi connectivity index (χ2n) is 7.20. The Morgan fingerprint density at radius 2 is 1.93 bits per heavy atom. The summed E-state index contributed by atoms with van der Waals surface area (Å²) in [6.07, 6.45) is -4.12. The van der Waals surface area contributed by atoms with Gasteiger partial charge in [-0.1, -0.05) is 35.0 Å². The molecule has 8 heteroatoms. The Bertz CT molecular complexity index is 1030. The molecule has 29 heavy (non-hydrogen) atoms. The van der Waals surface area contributed by atoms with Gasteiger partial charge in [0.15, 0.2) is 5.82 Å². The maximum Gasteiger partial charge on any atom is 0.416 e. The van der Waals surface area contributed by atoms with Crippen molar-refractivity contribution in [1.29, 1.82) is 0 Å². The molecule has 0 saturated carbocycles. The van der Waals surface area contributed by atoms with Gasteiger partial charge in [0.05, 0.1) is 5.56 Å². The van der Waals surface area contributed by atoms with Gasteiger partial charge in [0.25, 0.3) is 5.89 Å². The molecule has 150 valence electrons. The molecule has 1 aliphatic heterocycles. The average Bonchev–Trinajstić information content (AvgIpc) is 3.29. The first-order valence-corrected chi connectivity index (χ1v) is 9.14. The van der Waals surface area contributed by atoms with Gasteiger partial charge in [-0.15, -0.1) is 0 Å². The molecule has 1 aliphatic rings. The van der Waals surface area contributed by atoms with Gasteiger partial charge in [0.2, 0.25) is 5.91 Å². The molecule has 3 aromatic rings. The fourth-order valence-electron chi connectivity index (χ4n) is 3.45. The van der Waals surface area contributed by atoms with Crippen molar-refractivity contribution in [2.75, 3.05) is 6.54 Å². The lowest BCUT2D eigenvalue weighted by molar-refractivity contribution is -0.137. The normalized spacial score (nSPS) is 17.2. The van der Waals surface area contributed by atoms with Crippen molar-refractivity contribution in [3.8, 4) is 11.5 Å². The van der Waals surface area contributed by atoms with Crippen molar-refractivity contribution in [3.05, 3.63) is 71.0 Å². The second kappa shape index (κ2) is 7.35. The standard InChI is InChI=1S/C21H18F3N3O2/c1-13-3-2-4-14(9-13)11-27-12-16(10-18(27)28)19-25-20(29-26-19)15-5-7-17(8-6-15)21(22,23)24/h2-9,16H,10-12H2,1H3. The van der Waals surface area contributed by atoms with Gasteiger partial charge in [-0.2, -0.15) is 18.2 Å². The van der Waals surface area contributed by atoms with Crippen molar-refractivity contribution < 1.29 is 22.5 Å². The topological polar surface area (TPSA) is 59.2 Å². The highest BCUT2D eigenvalue weighted by Crippen LogP contribution is 2.32. The van der Waals surface area contributed by atoms with Gasteiger partial charge in [0, 0.05) is 31.0 Å². The molecule has 4 rings (SSSR count). The van der Waals surface area contributed by atoms with Crippen molar-refractivity contribution in [3.63, 3.8) is 0 Å². The maximum atomic E-state index is 12.7. The van der Waals surface area contributed by atoms with Gasteiger partial charge >= 0.3 is 6.18 Å². The van der Waals surface area contributed by atoms with Crippen LogP contribution in [-0.2, 0) is 17.5 Å². The molecule has 1 unspecified atom stereocenters. The Morgan fingerprint density at radius 3 is 2.62 bits per heavy atom. The number of carbonyl (C=O) groups excluding carboxylic acids is 1. The fraction of sp³-hybridized carbons (Fsp3) is 0.286. The number of halogens is 3. The number of rotatable bonds is 4. The lowest BCUT2D eigenvalue weighted by Crippen LogP contribution is -2.24. The summed E-state index contributed by atoms with van der Waals surface area (Å²) in [5, 5.41) is 3.95. The molecule has 1 amide bonds. The number of aryl methyl sites for hydroxylation is 1. The van der Waals surface area contributed by atoms with Crippen LogP contribution in [0.3, 0.4) is 0 Å². The van der Waals surface area contributed by atoms with E-state index in [1.165, 1.54) is 12.1 Å². The maximum absolute atomic E-state index is 12.7. The van der Waals surface area contributed by atoms with E-state index >= 15 is 0 Å². The first-order valence-electron chi connectivity index (χ1n) is 9.14. The van der Waals surface area contributed by atoms with Crippen LogP contribution in [0.4, 0.5) is 13.2 Å². The first-order chi connectivity index (χ1) is 13.8. The Labute approximate surface area is 165 Å². The summed E-state index contributed by atoms with van der Waals surface area (Å²) >= 11 is 0. The van der Waals surface area contributed by atoms with Crippen LogP contribution in [0.2, 0.25) is 0 Å². The molecule has 5 nitrogen and oxygen atoms in total. The zero-order chi connectivity index (χ0) is 20.6. The van der Waals surface area contributed by atoms with E-state index < -0.39 is 11.7 Å². The molecule has 2 heterocycles. The number of alkyl halides is 3. The number of carbonyl (C=O) groups is 1. The van der Waals surface area contributed by atoms with E-state index in [0.717, 1.165) is 23.3 Å². The van der Waals surface area contributed by atoms with E-state index in [1.54, 1.807) is 4.90 Å². The zero-order valence-electron chi connectivity index (χ0n) is 15.6. The van der Waals surface area contributed by atoms with Crippen LogP contribution in [0.15, 0.2) is 53.1 Å². The Balaban J connectivity index is 1.46. The van der Waals surface area contributed by atoms with E-state index in [-0.39, 0.29) is 24.1 Å². The van der Waals surface area contributed by atoms with Crippen LogP contribution in [0.25, 0.3) is 11.5 Å². The number of hydrogen-bond donors (Lipinski definition) is 0. The third-order valence-corrected chi connectivity index (χ3v) is 4.94. The first kappa shape index (κ1) is 19.2. The summed E-state index contributed by atoms with van der Waals surface area (Å²) in [6.45, 7) is 2.99. The highest BCUT2D eigenvalue weighted by atomic mass is 19.4. The molecule has 0 N–H and O–H groups in total. The average molecular weight is 401 g/mol. The molecule has 0 radical (unpaired) electrons. The quantitative estimate of drug-likeness (QED) is 0.642. The van der Waals surface area contributed by atoms with Crippen molar-refractivity contribution in [2.45, 2.75) is 32.0 Å². The highest BCUT2D eigenvalue weighted by molar-refractivity contribution is 5.79. The van der Waals surface area contributed by atoms with Gasteiger partial charge in [0.1, 0.15) is 0 Å². The molecule has 1 aromatic heterocycles. The van der Waals surface area contributed by atoms with Crippen LogP contribution < -0.4 is 0 Å². The predicted octanol–water partition coefficient (Wildman–Crippen LogP) is 4.58. The minimum absolute atomic E-state index is 0.0115. The van der Waals surface area contributed by atoms with E-state index in [9.17, 15) is 18.0 Å². The number of benzene rings is 2. The largest absolute Gasteiger partial charge is 0.416 e. The number of aromatic nitrogens is 2. The lowest BCUT2D eigenvalue weighted by Gasteiger charge is -2.16. The smallest absolute Gasteiger partial charge is 0.338 e. The molecule has 0 spiro atoms. The number of amides is 1. The monoisotopic (exact) mass is 401 g/mol. The summed E-state index contributed by atoms with van der Waals surface area (Å²) in [4.78, 5) is 18.5. The lowest BCUT2D eigenvalue weighted by atomic mass is 10.1. The van der Waals surface area contributed by atoms with Crippen molar-refractivity contribution >= 4 is 5.91 Å². The van der Waals surface area contributed by atoms with Gasteiger partial charge in [-0.05, 0) is 36.8 Å². The van der Waals surface area contributed by atoms with Gasteiger partial charge in [-0.3, -0.25) is 4.79 Å². The third-order valence-electron chi connectivity index (χ3n) is 4.94. The van der Waals surface area contributed by atoms with Crippen molar-refractivity contribution in [2.24, 2.45) is 0 Å². The Hall–Kier alpha value is -3.16. The van der Waals surface area contributed by atoms with E-state index in [4.69, 9.17) is 4.52 Å². The number of likely N-dealkylation sites (tertiary alicyclic amines) is 1. The van der Waals surface area contributed by atoms with Crippen LogP contribution in [0, 0.1) is 6.92 Å². The van der Waals surface area contributed by atoms with Gasteiger partial charge in [-0.25, -0.2) is 0 Å². The summed E-state index contributed by atoms with van der Waals surface area (Å²) in [6, 6.07) is 12.5. The summed E-state index contributed by atoms with van der Waals surface area (Å²) < 4.78 is 43.3. The summed E-state index contributed by atoms with van der Waals surface area (Å²) in [5.74, 6) is 0.329. The van der Waals surface area contributed by atoms with Crippen LogP contribution in [-0.4, -0.2) is 27.5 Å². The minimum atomic E-state index is -4.40. The molecule has 1 fully saturated rings. The second-order valence-corrected chi connectivity index (χ2v) is 7.20. The number of hydrogen-bond acceptors (Lipinski definition) is 4.